The van der Waals surface area contributed by atoms with Crippen LogP contribution in [-0.4, -0.2) is 8.42 Å². The molecule has 5 rings (SSSR count). The van der Waals surface area contributed by atoms with Gasteiger partial charge in [-0.25, -0.2) is 8.42 Å². The van der Waals surface area contributed by atoms with Gasteiger partial charge in [-0.15, -0.1) is 0 Å². The average Bonchev–Trinajstić information content (AvgIpc) is 2.92. The Labute approximate surface area is 221 Å². The number of rotatable bonds is 7. The van der Waals surface area contributed by atoms with E-state index in [1.807, 2.05) is 66.7 Å². The molecule has 0 saturated heterocycles. The van der Waals surface area contributed by atoms with Crippen LogP contribution in [0.5, 0.6) is 0 Å². The molecule has 0 unspecified atom stereocenters. The highest BCUT2D eigenvalue weighted by Crippen LogP contribution is 2.36. The molecule has 36 heavy (non-hydrogen) atoms. The summed E-state index contributed by atoms with van der Waals surface area (Å²) >= 11 is 8.20. The van der Waals surface area contributed by atoms with E-state index in [4.69, 9.17) is 11.6 Å². The largest absolute Gasteiger partial charge is 0.218 e. The summed E-state index contributed by atoms with van der Waals surface area (Å²) in [5, 5.41) is 0.719. The van der Waals surface area contributed by atoms with Gasteiger partial charge in [0.15, 0.2) is 0 Å². The summed E-state index contributed by atoms with van der Waals surface area (Å²) in [6.45, 7) is 0. The number of hydrogen-bond acceptors (Lipinski definition) is 3. The van der Waals surface area contributed by atoms with Crippen LogP contribution >= 0.6 is 23.4 Å². The minimum Gasteiger partial charge on any atom is -0.218 e. The first kappa shape index (κ1) is 24.4. The molecule has 0 amide bonds. The number of sulfone groups is 1. The highest BCUT2D eigenvalue weighted by molar-refractivity contribution is 7.99. The van der Waals surface area contributed by atoms with Crippen molar-refractivity contribution in [1.29, 1.82) is 0 Å². The van der Waals surface area contributed by atoms with Crippen LogP contribution in [0.1, 0.15) is 11.1 Å². The molecule has 0 aliphatic carbocycles. The van der Waals surface area contributed by atoms with Gasteiger partial charge < -0.3 is 0 Å². The maximum atomic E-state index is 13.3. The fraction of sp³-hybridized carbons (Fsp3) is 0.0323. The Hall–Kier alpha value is -3.31. The van der Waals surface area contributed by atoms with Gasteiger partial charge in [-0.1, -0.05) is 108 Å². The van der Waals surface area contributed by atoms with Crippen LogP contribution in [0.4, 0.5) is 0 Å². The third-order valence-corrected chi connectivity index (χ3v) is 9.21. The van der Waals surface area contributed by atoms with Crippen molar-refractivity contribution in [2.45, 2.75) is 26.0 Å². The second-order valence-electron chi connectivity index (χ2n) is 8.37. The molecule has 0 fully saturated rings. The van der Waals surface area contributed by atoms with E-state index in [-0.39, 0.29) is 4.90 Å². The van der Waals surface area contributed by atoms with Crippen molar-refractivity contribution in [3.05, 3.63) is 144 Å². The topological polar surface area (TPSA) is 34.1 Å². The van der Waals surface area contributed by atoms with Crippen LogP contribution in [0, 0.1) is 0 Å². The van der Waals surface area contributed by atoms with Gasteiger partial charge >= 0.3 is 0 Å². The van der Waals surface area contributed by atoms with Gasteiger partial charge in [0, 0.05) is 15.4 Å². The van der Waals surface area contributed by atoms with Gasteiger partial charge in [0.1, 0.15) is 0 Å². The molecule has 0 heterocycles. The molecule has 5 heteroatoms. The maximum Gasteiger partial charge on any atom is 0.207 e. The zero-order chi connectivity index (χ0) is 25.0. The van der Waals surface area contributed by atoms with Crippen molar-refractivity contribution in [2.75, 3.05) is 0 Å². The SMILES string of the molecule is O=S(=O)(c1ccccc1)c1ccccc1-c1ccc(Sc2ccc(Cc3ccccc3)cc2Cl)cc1. The van der Waals surface area contributed by atoms with E-state index >= 15 is 0 Å². The zero-order valence-corrected chi connectivity index (χ0v) is 21.7. The maximum absolute atomic E-state index is 13.3. The first-order valence-corrected chi connectivity index (χ1v) is 14.2. The van der Waals surface area contributed by atoms with E-state index in [0.29, 0.717) is 10.5 Å². The van der Waals surface area contributed by atoms with E-state index in [0.717, 1.165) is 26.8 Å². The number of benzene rings is 5. The molecule has 178 valence electrons. The van der Waals surface area contributed by atoms with Gasteiger partial charge in [-0.05, 0) is 65.6 Å². The van der Waals surface area contributed by atoms with E-state index in [1.54, 1.807) is 48.2 Å². The third kappa shape index (κ3) is 5.41. The van der Waals surface area contributed by atoms with E-state index in [2.05, 4.69) is 24.3 Å². The van der Waals surface area contributed by atoms with Gasteiger partial charge in [-0.3, -0.25) is 0 Å². The minimum absolute atomic E-state index is 0.287. The van der Waals surface area contributed by atoms with Gasteiger partial charge in [0.2, 0.25) is 9.84 Å². The van der Waals surface area contributed by atoms with E-state index in [9.17, 15) is 8.42 Å². The molecule has 0 spiro atoms. The Bertz CT molecular complexity index is 1580. The minimum atomic E-state index is -3.63. The molecular weight excluding hydrogens is 504 g/mol. The number of hydrogen-bond donors (Lipinski definition) is 0. The quantitative estimate of drug-likeness (QED) is 0.213. The molecule has 0 bridgehead atoms. The van der Waals surface area contributed by atoms with Crippen LogP contribution in [-0.2, 0) is 16.3 Å². The van der Waals surface area contributed by atoms with Crippen molar-refractivity contribution >= 4 is 33.2 Å². The molecule has 0 aliphatic rings. The fourth-order valence-electron chi connectivity index (χ4n) is 4.06. The molecule has 0 N–H and O–H groups in total. The zero-order valence-electron chi connectivity index (χ0n) is 19.3. The van der Waals surface area contributed by atoms with Crippen LogP contribution < -0.4 is 0 Å². The molecule has 0 aliphatic heterocycles. The van der Waals surface area contributed by atoms with Crippen molar-refractivity contribution in [3.63, 3.8) is 0 Å². The molecule has 0 aromatic heterocycles. The molecule has 2 nitrogen and oxygen atoms in total. The average molecular weight is 527 g/mol. The lowest BCUT2D eigenvalue weighted by molar-refractivity contribution is 0.596. The Kier molecular flexibility index (Phi) is 7.28. The summed E-state index contributed by atoms with van der Waals surface area (Å²) < 4.78 is 26.6. The van der Waals surface area contributed by atoms with Crippen LogP contribution in [0.2, 0.25) is 5.02 Å². The highest BCUT2D eigenvalue weighted by Gasteiger charge is 2.21. The highest BCUT2D eigenvalue weighted by atomic mass is 35.5. The first-order valence-electron chi connectivity index (χ1n) is 11.5. The Morgan fingerprint density at radius 2 is 1.28 bits per heavy atom. The summed E-state index contributed by atoms with van der Waals surface area (Å²) in [6.07, 6.45) is 0.839. The predicted molar refractivity (Wildman–Crippen MR) is 149 cm³/mol. The van der Waals surface area contributed by atoms with Crippen LogP contribution in [0.25, 0.3) is 11.1 Å². The Balaban J connectivity index is 1.37. The normalized spacial score (nSPS) is 11.4. The lowest BCUT2D eigenvalue weighted by Gasteiger charge is -2.12. The summed E-state index contributed by atoms with van der Waals surface area (Å²) in [7, 11) is -3.63. The first-order chi connectivity index (χ1) is 17.5. The van der Waals surface area contributed by atoms with Crippen LogP contribution in [0.15, 0.2) is 147 Å². The lowest BCUT2D eigenvalue weighted by Crippen LogP contribution is -2.03. The Morgan fingerprint density at radius 3 is 1.97 bits per heavy atom. The summed E-state index contributed by atoms with van der Waals surface area (Å²) in [6, 6.07) is 40.1. The van der Waals surface area contributed by atoms with Crippen molar-refractivity contribution in [2.24, 2.45) is 0 Å². The van der Waals surface area contributed by atoms with Gasteiger partial charge in [0.05, 0.1) is 14.8 Å². The van der Waals surface area contributed by atoms with Crippen molar-refractivity contribution < 1.29 is 8.42 Å². The predicted octanol–water partition coefficient (Wildman–Crippen LogP) is 8.58. The molecule has 0 saturated carbocycles. The van der Waals surface area contributed by atoms with Gasteiger partial charge in [-0.2, -0.15) is 0 Å². The third-order valence-electron chi connectivity index (χ3n) is 5.87. The molecule has 0 atom stereocenters. The van der Waals surface area contributed by atoms with Crippen molar-refractivity contribution in [1.82, 2.24) is 0 Å². The van der Waals surface area contributed by atoms with Crippen LogP contribution in [0.3, 0.4) is 0 Å². The lowest BCUT2D eigenvalue weighted by atomic mass is 10.1. The van der Waals surface area contributed by atoms with Gasteiger partial charge in [0.25, 0.3) is 0 Å². The molecule has 5 aromatic carbocycles. The molecular formula is C31H23ClO2S2. The van der Waals surface area contributed by atoms with Crippen molar-refractivity contribution in [3.8, 4) is 11.1 Å². The fourth-order valence-corrected chi connectivity index (χ4v) is 6.70. The summed E-state index contributed by atoms with van der Waals surface area (Å²) in [4.78, 5) is 2.59. The Morgan fingerprint density at radius 1 is 0.639 bits per heavy atom. The monoisotopic (exact) mass is 526 g/mol. The smallest absolute Gasteiger partial charge is 0.207 e. The molecule has 0 radical (unpaired) electrons. The second kappa shape index (κ2) is 10.8. The second-order valence-corrected chi connectivity index (χ2v) is 11.8. The standard InChI is InChI=1S/C31H23ClO2S2/c32-29-22-24(21-23-9-3-1-4-10-23)15-20-30(29)35-26-18-16-25(17-19-26)28-13-7-8-14-31(28)36(33,34)27-11-5-2-6-12-27/h1-20,22H,21H2. The summed E-state index contributed by atoms with van der Waals surface area (Å²) in [5.41, 5.74) is 3.95. The summed E-state index contributed by atoms with van der Waals surface area (Å²) in [5.74, 6) is 0. The van der Waals surface area contributed by atoms with E-state index in [1.165, 1.54) is 11.1 Å². The number of halogens is 1. The molecule has 5 aromatic rings. The van der Waals surface area contributed by atoms with E-state index < -0.39 is 9.84 Å².